The van der Waals surface area contributed by atoms with E-state index in [9.17, 15) is 9.59 Å². The van der Waals surface area contributed by atoms with Crippen LogP contribution < -0.4 is 5.32 Å². The highest BCUT2D eigenvalue weighted by Crippen LogP contribution is 2.13. The minimum Gasteiger partial charge on any atom is -0.340 e. The van der Waals surface area contributed by atoms with Gasteiger partial charge in [-0.05, 0) is 24.3 Å². The number of amides is 2. The quantitative estimate of drug-likeness (QED) is 0.923. The van der Waals surface area contributed by atoms with Gasteiger partial charge >= 0.3 is 0 Å². The lowest BCUT2D eigenvalue weighted by Crippen LogP contribution is -2.51. The van der Waals surface area contributed by atoms with Crippen molar-refractivity contribution in [1.29, 1.82) is 0 Å². The lowest BCUT2D eigenvalue weighted by molar-refractivity contribution is -0.136. The number of rotatable bonds is 4. The van der Waals surface area contributed by atoms with Gasteiger partial charge in [0.05, 0.1) is 6.54 Å². The molecule has 1 fully saturated rings. The second-order valence-electron chi connectivity index (χ2n) is 5.81. The summed E-state index contributed by atoms with van der Waals surface area (Å²) in [5.41, 5.74) is 0.739. The Hall–Kier alpha value is -1.59. The zero-order valence-corrected chi connectivity index (χ0v) is 13.8. The Labute approximate surface area is 136 Å². The maximum absolute atomic E-state index is 12.0. The van der Waals surface area contributed by atoms with E-state index in [4.69, 9.17) is 11.6 Å². The molecule has 1 aliphatic rings. The van der Waals surface area contributed by atoms with E-state index in [1.54, 1.807) is 24.3 Å². The Bertz CT molecular complexity index is 523. The minimum atomic E-state index is -0.0500. The molecule has 1 aromatic rings. The van der Waals surface area contributed by atoms with Crippen LogP contribution in [0.2, 0.25) is 5.02 Å². The van der Waals surface area contributed by atoms with Crippen LogP contribution in [-0.2, 0) is 9.59 Å². The second kappa shape index (κ2) is 7.61. The van der Waals surface area contributed by atoms with Crippen LogP contribution in [0.5, 0.6) is 0 Å². The van der Waals surface area contributed by atoms with Gasteiger partial charge in [-0.1, -0.05) is 25.4 Å². The number of benzene rings is 1. The van der Waals surface area contributed by atoms with Crippen molar-refractivity contribution in [1.82, 2.24) is 9.80 Å². The molecular formula is C16H22ClN3O2. The second-order valence-corrected chi connectivity index (χ2v) is 6.25. The predicted molar refractivity (Wildman–Crippen MR) is 87.9 cm³/mol. The maximum Gasteiger partial charge on any atom is 0.238 e. The van der Waals surface area contributed by atoms with Crippen molar-refractivity contribution in [2.75, 3.05) is 38.0 Å². The number of anilines is 1. The van der Waals surface area contributed by atoms with E-state index in [-0.39, 0.29) is 17.7 Å². The Morgan fingerprint density at radius 3 is 2.27 bits per heavy atom. The smallest absolute Gasteiger partial charge is 0.238 e. The molecule has 0 bridgehead atoms. The van der Waals surface area contributed by atoms with E-state index in [0.717, 1.165) is 18.8 Å². The molecule has 0 radical (unpaired) electrons. The first kappa shape index (κ1) is 16.8. The lowest BCUT2D eigenvalue weighted by Gasteiger charge is -2.35. The van der Waals surface area contributed by atoms with Gasteiger partial charge in [-0.2, -0.15) is 0 Å². The van der Waals surface area contributed by atoms with Gasteiger partial charge in [-0.15, -0.1) is 0 Å². The molecule has 0 unspecified atom stereocenters. The third-order valence-electron chi connectivity index (χ3n) is 3.67. The van der Waals surface area contributed by atoms with Crippen LogP contribution in [0.3, 0.4) is 0 Å². The fraction of sp³-hybridized carbons (Fsp3) is 0.500. The Morgan fingerprint density at radius 2 is 1.73 bits per heavy atom. The largest absolute Gasteiger partial charge is 0.340 e. The summed E-state index contributed by atoms with van der Waals surface area (Å²) in [4.78, 5) is 27.9. The molecule has 1 N–H and O–H groups in total. The van der Waals surface area contributed by atoms with E-state index in [1.165, 1.54) is 0 Å². The summed E-state index contributed by atoms with van der Waals surface area (Å²) in [5.74, 6) is 0.163. The molecule has 1 saturated heterocycles. The fourth-order valence-electron chi connectivity index (χ4n) is 2.43. The number of hydrogen-bond donors (Lipinski definition) is 1. The van der Waals surface area contributed by atoms with Gasteiger partial charge in [0, 0.05) is 42.8 Å². The summed E-state index contributed by atoms with van der Waals surface area (Å²) in [5, 5.41) is 3.49. The molecule has 1 aromatic carbocycles. The molecule has 0 spiro atoms. The van der Waals surface area contributed by atoms with Gasteiger partial charge < -0.3 is 10.2 Å². The molecule has 5 nitrogen and oxygen atoms in total. The van der Waals surface area contributed by atoms with Crippen molar-refractivity contribution in [2.45, 2.75) is 13.8 Å². The number of carbonyl (C=O) groups excluding carboxylic acids is 2. The van der Waals surface area contributed by atoms with Crippen molar-refractivity contribution in [3.05, 3.63) is 29.3 Å². The molecule has 0 atom stereocenters. The van der Waals surface area contributed by atoms with E-state index in [1.807, 2.05) is 18.7 Å². The summed E-state index contributed by atoms with van der Waals surface area (Å²) in [6.45, 7) is 6.99. The van der Waals surface area contributed by atoms with Gasteiger partial charge in [-0.3, -0.25) is 14.5 Å². The molecule has 0 aromatic heterocycles. The van der Waals surface area contributed by atoms with Gasteiger partial charge in [0.1, 0.15) is 0 Å². The molecule has 2 rings (SSSR count). The van der Waals surface area contributed by atoms with Gasteiger partial charge in [0.2, 0.25) is 11.8 Å². The molecule has 22 heavy (non-hydrogen) atoms. The number of nitrogens with one attached hydrogen (secondary N) is 1. The van der Waals surface area contributed by atoms with E-state index < -0.39 is 0 Å². The number of piperazine rings is 1. The summed E-state index contributed by atoms with van der Waals surface area (Å²) in [7, 11) is 0. The zero-order valence-electron chi connectivity index (χ0n) is 13.0. The van der Waals surface area contributed by atoms with Crippen molar-refractivity contribution >= 4 is 29.1 Å². The molecule has 0 aliphatic carbocycles. The summed E-state index contributed by atoms with van der Waals surface area (Å²) in [6, 6.07) is 7.04. The molecule has 1 heterocycles. The Kier molecular flexibility index (Phi) is 5.80. The van der Waals surface area contributed by atoms with Crippen LogP contribution in [0.15, 0.2) is 24.3 Å². The molecule has 0 saturated carbocycles. The van der Waals surface area contributed by atoms with Gasteiger partial charge in [0.25, 0.3) is 0 Å². The third-order valence-corrected chi connectivity index (χ3v) is 3.93. The monoisotopic (exact) mass is 323 g/mol. The van der Waals surface area contributed by atoms with Crippen molar-refractivity contribution in [3.8, 4) is 0 Å². The Balaban J connectivity index is 1.77. The van der Waals surface area contributed by atoms with Crippen molar-refractivity contribution in [3.63, 3.8) is 0 Å². The highest BCUT2D eigenvalue weighted by atomic mass is 35.5. The van der Waals surface area contributed by atoms with Crippen molar-refractivity contribution in [2.24, 2.45) is 5.92 Å². The van der Waals surface area contributed by atoms with Crippen LogP contribution in [0.25, 0.3) is 0 Å². The number of halogens is 1. The SMILES string of the molecule is CC(C)C(=O)N1CCN(CC(=O)Nc2ccc(Cl)cc2)CC1. The zero-order chi connectivity index (χ0) is 16.1. The third kappa shape index (κ3) is 4.71. The molecule has 6 heteroatoms. The minimum absolute atomic E-state index is 0.0275. The van der Waals surface area contributed by atoms with E-state index >= 15 is 0 Å². The van der Waals surface area contributed by atoms with Crippen LogP contribution in [0, 0.1) is 5.92 Å². The first-order valence-electron chi connectivity index (χ1n) is 7.52. The van der Waals surface area contributed by atoms with Crippen molar-refractivity contribution < 1.29 is 9.59 Å². The predicted octanol–water partition coefficient (Wildman–Crippen LogP) is 2.08. The number of nitrogens with zero attached hydrogens (tertiary/aromatic N) is 2. The highest BCUT2D eigenvalue weighted by molar-refractivity contribution is 6.30. The molecule has 2 amide bonds. The fourth-order valence-corrected chi connectivity index (χ4v) is 2.55. The number of carbonyl (C=O) groups is 2. The van der Waals surface area contributed by atoms with E-state index in [0.29, 0.717) is 24.7 Å². The van der Waals surface area contributed by atoms with Crippen LogP contribution in [0.4, 0.5) is 5.69 Å². The van der Waals surface area contributed by atoms with Gasteiger partial charge in [0.15, 0.2) is 0 Å². The summed E-state index contributed by atoms with van der Waals surface area (Å²) < 4.78 is 0. The normalized spacial score (nSPS) is 15.9. The first-order chi connectivity index (χ1) is 10.5. The average molecular weight is 324 g/mol. The van der Waals surface area contributed by atoms with Gasteiger partial charge in [-0.25, -0.2) is 0 Å². The van der Waals surface area contributed by atoms with Crippen LogP contribution in [0.1, 0.15) is 13.8 Å². The molecule has 1 aliphatic heterocycles. The first-order valence-corrected chi connectivity index (χ1v) is 7.90. The lowest BCUT2D eigenvalue weighted by atomic mass is 10.1. The van der Waals surface area contributed by atoms with E-state index in [2.05, 4.69) is 10.2 Å². The Morgan fingerprint density at radius 1 is 1.14 bits per heavy atom. The number of hydrogen-bond acceptors (Lipinski definition) is 3. The molecule has 120 valence electrons. The average Bonchev–Trinajstić information content (AvgIpc) is 2.49. The topological polar surface area (TPSA) is 52.7 Å². The van der Waals surface area contributed by atoms with Crippen LogP contribution in [-0.4, -0.2) is 54.3 Å². The maximum atomic E-state index is 12.0. The standard InChI is InChI=1S/C16H22ClN3O2/c1-12(2)16(22)20-9-7-19(8-10-20)11-15(21)18-14-5-3-13(17)4-6-14/h3-6,12H,7-11H2,1-2H3,(H,18,21). The van der Waals surface area contributed by atoms with Crippen LogP contribution >= 0.6 is 11.6 Å². The molecular weight excluding hydrogens is 302 g/mol. The highest BCUT2D eigenvalue weighted by Gasteiger charge is 2.23. The summed E-state index contributed by atoms with van der Waals surface area (Å²) >= 11 is 5.81. The summed E-state index contributed by atoms with van der Waals surface area (Å²) in [6.07, 6.45) is 0.